The number of halogens is 4. The van der Waals surface area contributed by atoms with Crippen molar-refractivity contribution in [3.05, 3.63) is 27.7 Å². The van der Waals surface area contributed by atoms with Crippen LogP contribution >= 0.6 is 59.4 Å². The molecule has 6 unspecified atom stereocenters. The van der Waals surface area contributed by atoms with Crippen molar-refractivity contribution in [1.82, 2.24) is 4.90 Å². The first kappa shape index (κ1) is 22.7. The molecule has 3 aliphatic rings. The summed E-state index contributed by atoms with van der Waals surface area (Å²) >= 11 is 16.9. The molecule has 1 heterocycles. The quantitative estimate of drug-likeness (QED) is 0.252. The third-order valence-electron chi connectivity index (χ3n) is 6.57. The smallest absolute Gasteiger partial charge is 0.233 e. The fourth-order valence-corrected chi connectivity index (χ4v) is 7.76. The molecule has 0 radical (unpaired) electrons. The Balaban J connectivity index is 1.21. The highest BCUT2D eigenvalue weighted by Crippen LogP contribution is 2.60. The van der Waals surface area contributed by atoms with Gasteiger partial charge in [0, 0.05) is 27.1 Å². The molecule has 1 aromatic carbocycles. The Kier molecular flexibility index (Phi) is 6.97. The van der Waals surface area contributed by atoms with Gasteiger partial charge in [0.1, 0.15) is 0 Å². The van der Waals surface area contributed by atoms with Crippen LogP contribution < -0.4 is 5.32 Å². The molecule has 4 rings (SSSR count). The number of nitrogens with zero attached hydrogens (tertiary/aromatic N) is 1. The van der Waals surface area contributed by atoms with Crippen molar-refractivity contribution in [3.8, 4) is 0 Å². The van der Waals surface area contributed by atoms with E-state index >= 15 is 0 Å². The van der Waals surface area contributed by atoms with Crippen molar-refractivity contribution in [2.45, 2.75) is 41.8 Å². The standard InChI is InChI=1S/C21H22Br3ClN2O3/c22-10-5-6-14(13(25)8-10)26-15(28)4-2-1-3-7-27-20(29)16-11-9-12(17(16)21(27)30)19(24)18(11)23/h5-6,8,11-12,16-19H,1-4,7,9H2,(H,26,28). The molecule has 5 nitrogen and oxygen atoms in total. The number of alkyl halides is 2. The Labute approximate surface area is 206 Å². The lowest BCUT2D eigenvalue weighted by Gasteiger charge is -2.28. The molecule has 1 saturated heterocycles. The van der Waals surface area contributed by atoms with Crippen molar-refractivity contribution in [2.24, 2.45) is 23.7 Å². The first-order valence-corrected chi connectivity index (χ1v) is 13.2. The fraction of sp³-hybridized carbons (Fsp3) is 0.571. The molecule has 1 aromatic rings. The molecule has 3 amide bonds. The zero-order valence-electron chi connectivity index (χ0n) is 16.1. The molecule has 1 N–H and O–H groups in total. The van der Waals surface area contributed by atoms with Gasteiger partial charge in [-0.1, -0.05) is 65.8 Å². The normalized spacial score (nSPS) is 32.1. The summed E-state index contributed by atoms with van der Waals surface area (Å²) < 4.78 is 0.854. The highest BCUT2D eigenvalue weighted by molar-refractivity contribution is 9.12. The van der Waals surface area contributed by atoms with Crippen LogP contribution in [0, 0.1) is 23.7 Å². The van der Waals surface area contributed by atoms with Gasteiger partial charge in [0.25, 0.3) is 0 Å². The molecule has 9 heteroatoms. The second-order valence-electron chi connectivity index (χ2n) is 8.31. The Morgan fingerprint density at radius 2 is 1.70 bits per heavy atom. The first-order chi connectivity index (χ1) is 14.3. The maximum absolute atomic E-state index is 12.9. The lowest BCUT2D eigenvalue weighted by atomic mass is 9.81. The number of rotatable bonds is 7. The summed E-state index contributed by atoms with van der Waals surface area (Å²) in [5.74, 6) is 0.113. The second-order valence-corrected chi connectivity index (χ2v) is 11.8. The molecule has 3 fully saturated rings. The summed E-state index contributed by atoms with van der Waals surface area (Å²) in [6.45, 7) is 0.449. The van der Waals surface area contributed by atoms with Gasteiger partial charge in [0.15, 0.2) is 0 Å². The van der Waals surface area contributed by atoms with Crippen molar-refractivity contribution in [2.75, 3.05) is 11.9 Å². The summed E-state index contributed by atoms with van der Waals surface area (Å²) in [5.41, 5.74) is 0.592. The van der Waals surface area contributed by atoms with Crippen molar-refractivity contribution in [3.63, 3.8) is 0 Å². The minimum absolute atomic E-state index is 0.00368. The van der Waals surface area contributed by atoms with E-state index in [4.69, 9.17) is 11.6 Å². The summed E-state index contributed by atoms with van der Waals surface area (Å²) in [4.78, 5) is 39.9. The highest BCUT2D eigenvalue weighted by atomic mass is 79.9. The molecule has 2 bridgehead atoms. The van der Waals surface area contributed by atoms with Gasteiger partial charge in [-0.3, -0.25) is 19.3 Å². The lowest BCUT2D eigenvalue weighted by molar-refractivity contribution is -0.140. The Morgan fingerprint density at radius 1 is 1.07 bits per heavy atom. The third kappa shape index (κ3) is 4.14. The van der Waals surface area contributed by atoms with E-state index in [1.807, 2.05) is 6.07 Å². The van der Waals surface area contributed by atoms with Crippen LogP contribution in [0.15, 0.2) is 22.7 Å². The topological polar surface area (TPSA) is 66.5 Å². The van der Waals surface area contributed by atoms with E-state index in [1.165, 1.54) is 4.90 Å². The molecule has 30 heavy (non-hydrogen) atoms. The largest absolute Gasteiger partial charge is 0.325 e. The minimum atomic E-state index is -0.151. The molecule has 2 aliphatic carbocycles. The Morgan fingerprint density at radius 3 is 2.30 bits per heavy atom. The zero-order valence-corrected chi connectivity index (χ0v) is 21.6. The van der Waals surface area contributed by atoms with Crippen LogP contribution in [0.25, 0.3) is 0 Å². The molecule has 1 aliphatic heterocycles. The molecule has 6 atom stereocenters. The van der Waals surface area contributed by atoms with Gasteiger partial charge in [-0.15, -0.1) is 0 Å². The number of unbranched alkanes of at least 4 members (excludes halogenated alkanes) is 2. The summed E-state index contributed by atoms with van der Waals surface area (Å²) in [7, 11) is 0. The van der Waals surface area contributed by atoms with E-state index in [0.717, 1.165) is 17.3 Å². The maximum atomic E-state index is 12.9. The van der Waals surface area contributed by atoms with Gasteiger partial charge in [-0.2, -0.15) is 0 Å². The highest BCUT2D eigenvalue weighted by Gasteiger charge is 2.66. The number of amides is 3. The molecular formula is C21H22Br3ClN2O3. The van der Waals surface area contributed by atoms with E-state index in [-0.39, 0.29) is 51.0 Å². The van der Waals surface area contributed by atoms with Gasteiger partial charge in [-0.25, -0.2) is 0 Å². The monoisotopic (exact) mass is 622 g/mol. The van der Waals surface area contributed by atoms with Crippen molar-refractivity contribution in [1.29, 1.82) is 0 Å². The third-order valence-corrected chi connectivity index (χ3v) is 10.6. The summed E-state index contributed by atoms with van der Waals surface area (Å²) in [5, 5.41) is 3.30. The van der Waals surface area contributed by atoms with Crippen LogP contribution in [-0.4, -0.2) is 38.8 Å². The van der Waals surface area contributed by atoms with Crippen LogP contribution in [0.3, 0.4) is 0 Å². The van der Waals surface area contributed by atoms with Crippen molar-refractivity contribution >= 4 is 82.8 Å². The van der Waals surface area contributed by atoms with E-state index < -0.39 is 0 Å². The number of fused-ring (bicyclic) bond motifs is 5. The van der Waals surface area contributed by atoms with Gasteiger partial charge < -0.3 is 5.32 Å². The van der Waals surface area contributed by atoms with E-state index in [2.05, 4.69) is 53.1 Å². The molecule has 0 spiro atoms. The van der Waals surface area contributed by atoms with Crippen LogP contribution in [0.5, 0.6) is 0 Å². The SMILES string of the molecule is O=C(CCCCCN1C(=O)C2C3CC(C(Br)C3Br)C2C1=O)Nc1ccc(Br)cc1Cl. The van der Waals surface area contributed by atoms with Crippen LogP contribution in [0.2, 0.25) is 5.02 Å². The second kappa shape index (κ2) is 9.20. The van der Waals surface area contributed by atoms with Crippen LogP contribution in [-0.2, 0) is 14.4 Å². The van der Waals surface area contributed by atoms with E-state index in [9.17, 15) is 14.4 Å². The average Bonchev–Trinajstić information content (AvgIpc) is 3.30. The molecular weight excluding hydrogens is 603 g/mol. The number of carbonyl (C=O) groups is 3. The van der Waals surface area contributed by atoms with Crippen LogP contribution in [0.1, 0.15) is 32.1 Å². The number of anilines is 1. The number of nitrogens with one attached hydrogen (secondary N) is 1. The molecule has 0 aromatic heterocycles. The van der Waals surface area contributed by atoms with Gasteiger partial charge in [-0.05, 0) is 49.3 Å². The van der Waals surface area contributed by atoms with Crippen LogP contribution in [0.4, 0.5) is 5.69 Å². The van der Waals surface area contributed by atoms with E-state index in [0.29, 0.717) is 36.5 Å². The predicted molar refractivity (Wildman–Crippen MR) is 127 cm³/mol. The molecule has 2 saturated carbocycles. The zero-order chi connectivity index (χ0) is 21.6. The summed E-state index contributed by atoms with van der Waals surface area (Å²) in [6, 6.07) is 5.31. The van der Waals surface area contributed by atoms with Gasteiger partial charge >= 0.3 is 0 Å². The van der Waals surface area contributed by atoms with Gasteiger partial charge in [0.2, 0.25) is 17.7 Å². The number of hydrogen-bond donors (Lipinski definition) is 1. The number of imide groups is 1. The summed E-state index contributed by atoms with van der Waals surface area (Å²) in [6.07, 6.45) is 3.52. The first-order valence-electron chi connectivity index (χ1n) is 10.2. The average molecular weight is 626 g/mol. The van der Waals surface area contributed by atoms with Gasteiger partial charge in [0.05, 0.1) is 22.5 Å². The number of carbonyl (C=O) groups excluding carboxylic acids is 3. The molecule has 162 valence electrons. The number of hydrogen-bond acceptors (Lipinski definition) is 3. The maximum Gasteiger partial charge on any atom is 0.233 e. The predicted octanol–water partition coefficient (Wildman–Crippen LogP) is 5.38. The Hall–Kier alpha value is -0.440. The Bertz CT molecular complexity index is 851. The number of benzene rings is 1. The van der Waals surface area contributed by atoms with E-state index in [1.54, 1.807) is 12.1 Å². The number of likely N-dealkylation sites (tertiary alicyclic amines) is 1. The minimum Gasteiger partial charge on any atom is -0.325 e. The fourth-order valence-electron chi connectivity index (χ4n) is 5.17. The lowest BCUT2D eigenvalue weighted by Crippen LogP contribution is -2.37. The van der Waals surface area contributed by atoms with Crippen molar-refractivity contribution < 1.29 is 14.4 Å².